The van der Waals surface area contributed by atoms with Crippen LogP contribution in [0.5, 0.6) is 11.5 Å². The molecule has 2 aromatic carbocycles. The van der Waals surface area contributed by atoms with Crippen LogP contribution < -0.4 is 10.5 Å². The Morgan fingerprint density at radius 2 is 2.00 bits per heavy atom. The molecular weight excluding hydrogens is 514 g/mol. The number of nitriles is 1. The molecule has 0 bridgehead atoms. The zero-order valence-electron chi connectivity index (χ0n) is 22.1. The SMILES string of the molecule is CC(C)/C=C(/C#N)C(=O)N1CCC[C@H]1Cn1cc(-c2ccc(Oc3cccc(F)c3F)cc2)c2c(N)ncnc21. The molecule has 5 rings (SSSR count). The number of anilines is 1. The second kappa shape index (κ2) is 11.1. The van der Waals surface area contributed by atoms with Crippen molar-refractivity contribution in [3.8, 4) is 28.7 Å². The van der Waals surface area contributed by atoms with Crippen LogP contribution in [0.15, 0.2) is 66.6 Å². The van der Waals surface area contributed by atoms with E-state index in [0.29, 0.717) is 35.7 Å². The molecule has 0 radical (unpaired) electrons. The summed E-state index contributed by atoms with van der Waals surface area (Å²) in [6, 6.07) is 12.6. The molecule has 1 saturated heterocycles. The van der Waals surface area contributed by atoms with Gasteiger partial charge in [-0.1, -0.05) is 38.1 Å². The molecule has 8 nitrogen and oxygen atoms in total. The van der Waals surface area contributed by atoms with Crippen molar-refractivity contribution >= 4 is 22.8 Å². The summed E-state index contributed by atoms with van der Waals surface area (Å²) in [4.78, 5) is 23.6. The average Bonchev–Trinajstić information content (AvgIpc) is 3.56. The predicted molar refractivity (Wildman–Crippen MR) is 147 cm³/mol. The third kappa shape index (κ3) is 5.23. The Hall–Kier alpha value is -4.78. The number of rotatable bonds is 7. The minimum absolute atomic E-state index is 0.0833. The minimum atomic E-state index is -1.06. The van der Waals surface area contributed by atoms with Crippen molar-refractivity contribution < 1.29 is 18.3 Å². The van der Waals surface area contributed by atoms with Gasteiger partial charge in [0, 0.05) is 24.8 Å². The summed E-state index contributed by atoms with van der Waals surface area (Å²) in [6.07, 6.45) is 6.66. The van der Waals surface area contributed by atoms with E-state index in [2.05, 4.69) is 16.0 Å². The number of allylic oxidation sites excluding steroid dienone is 1. The summed E-state index contributed by atoms with van der Waals surface area (Å²) in [5.74, 6) is -1.77. The highest BCUT2D eigenvalue weighted by molar-refractivity contribution is 6.01. The first-order valence-electron chi connectivity index (χ1n) is 13.0. The van der Waals surface area contributed by atoms with E-state index in [9.17, 15) is 18.8 Å². The molecule has 2 N–H and O–H groups in total. The van der Waals surface area contributed by atoms with Crippen molar-refractivity contribution in [2.45, 2.75) is 39.3 Å². The van der Waals surface area contributed by atoms with Crippen LogP contribution in [0, 0.1) is 28.9 Å². The number of amides is 1. The molecule has 1 atom stereocenters. The van der Waals surface area contributed by atoms with Gasteiger partial charge in [-0.15, -0.1) is 0 Å². The molecule has 1 fully saturated rings. The number of carbonyl (C=O) groups is 1. The predicted octanol–water partition coefficient (Wildman–Crippen LogP) is 5.85. The van der Waals surface area contributed by atoms with Gasteiger partial charge in [0.05, 0.1) is 11.4 Å². The van der Waals surface area contributed by atoms with Gasteiger partial charge in [-0.3, -0.25) is 4.79 Å². The molecule has 3 heterocycles. The first kappa shape index (κ1) is 26.8. The number of nitrogens with two attached hydrogens (primary N) is 1. The summed E-state index contributed by atoms with van der Waals surface area (Å²) >= 11 is 0. The van der Waals surface area contributed by atoms with Gasteiger partial charge in [-0.2, -0.15) is 9.65 Å². The van der Waals surface area contributed by atoms with Crippen molar-refractivity contribution in [3.05, 3.63) is 78.3 Å². The highest BCUT2D eigenvalue weighted by Gasteiger charge is 2.31. The molecule has 204 valence electrons. The fourth-order valence-corrected chi connectivity index (χ4v) is 5.06. The van der Waals surface area contributed by atoms with Gasteiger partial charge in [0.1, 0.15) is 35.2 Å². The standard InChI is InChI=1S/C30H28F2N6O2/c1-18(2)13-20(14-33)30(39)38-12-4-5-21(38)15-37-16-23(26-28(34)35-17-36-29(26)37)19-8-10-22(11-9-19)40-25-7-3-6-24(31)27(25)32/h3,6-11,13,16-18,21H,4-5,12,15H2,1-2H3,(H2,34,35,36)/b20-13-/t21-/m0/s1. The highest BCUT2D eigenvalue weighted by atomic mass is 19.2. The number of aromatic nitrogens is 3. The normalized spacial score (nSPS) is 15.6. The lowest BCUT2D eigenvalue weighted by molar-refractivity contribution is -0.127. The van der Waals surface area contributed by atoms with Crippen LogP contribution >= 0.6 is 0 Å². The molecule has 0 unspecified atom stereocenters. The quantitative estimate of drug-likeness (QED) is 0.232. The van der Waals surface area contributed by atoms with Gasteiger partial charge in [0.25, 0.3) is 5.91 Å². The minimum Gasteiger partial charge on any atom is -0.454 e. The molecule has 1 aliphatic rings. The fourth-order valence-electron chi connectivity index (χ4n) is 5.06. The molecule has 1 aliphatic heterocycles. The van der Waals surface area contributed by atoms with Crippen molar-refractivity contribution in [1.29, 1.82) is 5.26 Å². The summed E-state index contributed by atoms with van der Waals surface area (Å²) in [5.41, 5.74) is 8.65. The first-order valence-corrected chi connectivity index (χ1v) is 13.0. The molecule has 4 aromatic rings. The zero-order chi connectivity index (χ0) is 28.4. The Bertz CT molecular complexity index is 1640. The molecule has 10 heteroatoms. The molecule has 40 heavy (non-hydrogen) atoms. The van der Waals surface area contributed by atoms with Crippen LogP contribution in [0.3, 0.4) is 0 Å². The number of nitrogen functional groups attached to an aromatic ring is 1. The maximum Gasteiger partial charge on any atom is 0.264 e. The van der Waals surface area contributed by atoms with Gasteiger partial charge in [0.2, 0.25) is 5.82 Å². The Balaban J connectivity index is 1.44. The van der Waals surface area contributed by atoms with E-state index in [4.69, 9.17) is 10.5 Å². The van der Waals surface area contributed by atoms with Crippen molar-refractivity contribution in [2.24, 2.45) is 5.92 Å². The van der Waals surface area contributed by atoms with E-state index in [-0.39, 0.29) is 29.2 Å². The van der Waals surface area contributed by atoms with Crippen LogP contribution in [-0.4, -0.2) is 37.9 Å². The van der Waals surface area contributed by atoms with E-state index in [1.807, 2.05) is 24.6 Å². The van der Waals surface area contributed by atoms with Crippen molar-refractivity contribution in [3.63, 3.8) is 0 Å². The lowest BCUT2D eigenvalue weighted by Crippen LogP contribution is -2.38. The Morgan fingerprint density at radius 1 is 1.23 bits per heavy atom. The third-order valence-electron chi connectivity index (χ3n) is 6.89. The van der Waals surface area contributed by atoms with E-state index < -0.39 is 11.6 Å². The number of carbonyl (C=O) groups excluding carboxylic acids is 1. The van der Waals surface area contributed by atoms with Gasteiger partial charge in [-0.25, -0.2) is 14.4 Å². The molecule has 0 spiro atoms. The monoisotopic (exact) mass is 542 g/mol. The van der Waals surface area contributed by atoms with Crippen LogP contribution in [0.25, 0.3) is 22.2 Å². The summed E-state index contributed by atoms with van der Waals surface area (Å²) < 4.78 is 35.1. The molecule has 0 saturated carbocycles. The van der Waals surface area contributed by atoms with Gasteiger partial charge in [0.15, 0.2) is 11.6 Å². The summed E-state index contributed by atoms with van der Waals surface area (Å²) in [6.45, 7) is 4.92. The number of likely N-dealkylation sites (tertiary alicyclic amines) is 1. The summed E-state index contributed by atoms with van der Waals surface area (Å²) in [5, 5.41) is 10.2. The molecule has 0 aliphatic carbocycles. The topological polar surface area (TPSA) is 110 Å². The van der Waals surface area contributed by atoms with Crippen LogP contribution in [-0.2, 0) is 11.3 Å². The molecule has 1 amide bonds. The Labute approximate surface area is 230 Å². The Morgan fingerprint density at radius 3 is 2.73 bits per heavy atom. The zero-order valence-corrected chi connectivity index (χ0v) is 22.1. The summed E-state index contributed by atoms with van der Waals surface area (Å²) in [7, 11) is 0. The Kier molecular flexibility index (Phi) is 7.47. The van der Waals surface area contributed by atoms with Crippen molar-refractivity contribution in [2.75, 3.05) is 12.3 Å². The number of halogens is 2. The van der Waals surface area contributed by atoms with E-state index >= 15 is 0 Å². The maximum absolute atomic E-state index is 14.0. The number of fused-ring (bicyclic) bond motifs is 1. The maximum atomic E-state index is 14.0. The largest absolute Gasteiger partial charge is 0.454 e. The number of nitrogens with zero attached hydrogens (tertiary/aromatic N) is 5. The van der Waals surface area contributed by atoms with Crippen LogP contribution in [0.2, 0.25) is 0 Å². The lowest BCUT2D eigenvalue weighted by atomic mass is 10.1. The smallest absolute Gasteiger partial charge is 0.264 e. The molecule has 2 aromatic heterocycles. The fraction of sp³-hybridized carbons (Fsp3) is 0.267. The number of ether oxygens (including phenoxy) is 1. The van der Waals surface area contributed by atoms with Crippen LogP contribution in [0.4, 0.5) is 14.6 Å². The number of hydrogen-bond acceptors (Lipinski definition) is 6. The van der Waals surface area contributed by atoms with E-state index in [1.54, 1.807) is 35.2 Å². The van der Waals surface area contributed by atoms with E-state index in [0.717, 1.165) is 30.0 Å². The van der Waals surface area contributed by atoms with Gasteiger partial charge in [-0.05, 0) is 48.6 Å². The van der Waals surface area contributed by atoms with Gasteiger partial charge >= 0.3 is 0 Å². The average molecular weight is 543 g/mol. The van der Waals surface area contributed by atoms with E-state index in [1.165, 1.54) is 18.5 Å². The number of benzene rings is 2. The number of hydrogen-bond donors (Lipinski definition) is 1. The second-order valence-corrected chi connectivity index (χ2v) is 10.1. The third-order valence-corrected chi connectivity index (χ3v) is 6.89. The van der Waals surface area contributed by atoms with Gasteiger partial charge < -0.3 is 19.9 Å². The first-order chi connectivity index (χ1) is 19.3. The van der Waals surface area contributed by atoms with Crippen molar-refractivity contribution in [1.82, 2.24) is 19.4 Å². The molecular formula is C30H28F2N6O2. The lowest BCUT2D eigenvalue weighted by Gasteiger charge is -2.25. The van der Waals surface area contributed by atoms with Crippen LogP contribution in [0.1, 0.15) is 26.7 Å². The highest BCUT2D eigenvalue weighted by Crippen LogP contribution is 2.35. The second-order valence-electron chi connectivity index (χ2n) is 10.1.